The second kappa shape index (κ2) is 4.02. The van der Waals surface area contributed by atoms with Crippen molar-refractivity contribution >= 4 is 17.2 Å². The van der Waals surface area contributed by atoms with Gasteiger partial charge in [0.15, 0.2) is 0 Å². The number of nitrogens with zero attached hydrogens (tertiary/aromatic N) is 1. The molecule has 2 aromatic rings. The summed E-state index contributed by atoms with van der Waals surface area (Å²) < 4.78 is 0. The summed E-state index contributed by atoms with van der Waals surface area (Å²) in [6, 6.07) is 9.37. The molecule has 1 heterocycles. The van der Waals surface area contributed by atoms with E-state index in [-0.39, 0.29) is 6.42 Å². The van der Waals surface area contributed by atoms with Crippen molar-refractivity contribution in [1.82, 2.24) is 4.98 Å². The Balaban J connectivity index is 2.50. The van der Waals surface area contributed by atoms with Crippen LogP contribution in [0, 0.1) is 0 Å². The normalized spacial score (nSPS) is 14.6. The molecule has 0 aliphatic carbocycles. The van der Waals surface area contributed by atoms with Gasteiger partial charge in [-0.1, -0.05) is 18.2 Å². The molecule has 0 radical (unpaired) electrons. The van der Waals surface area contributed by atoms with E-state index in [1.165, 1.54) is 0 Å². The first-order chi connectivity index (χ1) is 7.63. The van der Waals surface area contributed by atoms with Gasteiger partial charge in [-0.25, -0.2) is 0 Å². The number of hydrogen-bond acceptors (Lipinski definition) is 3. The highest BCUT2D eigenvalue weighted by Gasteiger charge is 2.22. The first kappa shape index (κ1) is 10.8. The molecule has 16 heavy (non-hydrogen) atoms. The van der Waals surface area contributed by atoms with Crippen molar-refractivity contribution in [1.29, 1.82) is 0 Å². The minimum Gasteiger partial charge on any atom is -0.385 e. The molecule has 0 saturated heterocycles. The highest BCUT2D eigenvalue weighted by molar-refractivity contribution is 5.79. The molecule has 0 spiro atoms. The van der Waals surface area contributed by atoms with Gasteiger partial charge in [0.25, 0.3) is 0 Å². The highest BCUT2D eigenvalue weighted by Crippen LogP contribution is 2.25. The number of benzene rings is 1. The standard InChI is InChI=1S/C13H13NO2/c1-13(16,6-8-15)11-5-4-10-3-2-7-14-12(10)9-11/h2-5,7-9,16H,6H2,1H3. The Morgan fingerprint density at radius 3 is 3.00 bits per heavy atom. The Labute approximate surface area is 93.7 Å². The topological polar surface area (TPSA) is 50.2 Å². The number of carbonyl (C=O) groups excluding carboxylic acids is 1. The fourth-order valence-electron chi connectivity index (χ4n) is 1.68. The average molecular weight is 215 g/mol. The molecule has 3 heteroatoms. The molecule has 2 rings (SSSR count). The van der Waals surface area contributed by atoms with E-state index in [1.807, 2.05) is 30.3 Å². The Bertz CT molecular complexity index is 520. The van der Waals surface area contributed by atoms with Gasteiger partial charge in [-0.3, -0.25) is 4.98 Å². The molecule has 1 unspecified atom stereocenters. The fourth-order valence-corrected chi connectivity index (χ4v) is 1.68. The number of pyridine rings is 1. The monoisotopic (exact) mass is 215 g/mol. The summed E-state index contributed by atoms with van der Waals surface area (Å²) in [6.07, 6.45) is 2.52. The molecular weight excluding hydrogens is 202 g/mol. The molecule has 1 N–H and O–H groups in total. The van der Waals surface area contributed by atoms with Crippen molar-refractivity contribution in [3.63, 3.8) is 0 Å². The smallest absolute Gasteiger partial charge is 0.123 e. The summed E-state index contributed by atoms with van der Waals surface area (Å²) in [4.78, 5) is 14.7. The van der Waals surface area contributed by atoms with Gasteiger partial charge in [-0.2, -0.15) is 0 Å². The lowest BCUT2D eigenvalue weighted by Crippen LogP contribution is -2.21. The molecule has 1 aromatic heterocycles. The van der Waals surface area contributed by atoms with E-state index in [4.69, 9.17) is 0 Å². The minimum absolute atomic E-state index is 0.0886. The van der Waals surface area contributed by atoms with Crippen molar-refractivity contribution in [2.24, 2.45) is 0 Å². The van der Waals surface area contributed by atoms with Gasteiger partial charge in [0.05, 0.1) is 11.1 Å². The van der Waals surface area contributed by atoms with Gasteiger partial charge in [-0.05, 0) is 24.6 Å². The van der Waals surface area contributed by atoms with Crippen molar-refractivity contribution in [2.45, 2.75) is 18.9 Å². The van der Waals surface area contributed by atoms with Crippen LogP contribution >= 0.6 is 0 Å². The van der Waals surface area contributed by atoms with Crippen LogP contribution in [0.1, 0.15) is 18.9 Å². The fraction of sp³-hybridized carbons (Fsp3) is 0.231. The van der Waals surface area contributed by atoms with Crippen LogP contribution in [0.25, 0.3) is 10.9 Å². The molecule has 3 nitrogen and oxygen atoms in total. The van der Waals surface area contributed by atoms with Crippen LogP contribution in [0.3, 0.4) is 0 Å². The average Bonchev–Trinajstić information content (AvgIpc) is 2.28. The highest BCUT2D eigenvalue weighted by atomic mass is 16.3. The first-order valence-corrected chi connectivity index (χ1v) is 5.15. The molecule has 0 bridgehead atoms. The van der Waals surface area contributed by atoms with E-state index in [0.29, 0.717) is 5.56 Å². The zero-order valence-corrected chi connectivity index (χ0v) is 9.05. The number of aliphatic hydroxyl groups is 1. The lowest BCUT2D eigenvalue weighted by molar-refractivity contribution is -0.112. The molecule has 0 amide bonds. The van der Waals surface area contributed by atoms with Gasteiger partial charge < -0.3 is 9.90 Å². The van der Waals surface area contributed by atoms with Crippen molar-refractivity contribution in [3.8, 4) is 0 Å². The van der Waals surface area contributed by atoms with E-state index < -0.39 is 5.60 Å². The Morgan fingerprint density at radius 2 is 2.25 bits per heavy atom. The van der Waals surface area contributed by atoms with Gasteiger partial charge in [0.1, 0.15) is 6.29 Å². The van der Waals surface area contributed by atoms with E-state index >= 15 is 0 Å². The van der Waals surface area contributed by atoms with Crippen LogP contribution in [0.4, 0.5) is 0 Å². The van der Waals surface area contributed by atoms with Crippen LogP contribution in [0.5, 0.6) is 0 Å². The van der Waals surface area contributed by atoms with Gasteiger partial charge in [0, 0.05) is 18.0 Å². The zero-order chi connectivity index (χ0) is 11.6. The van der Waals surface area contributed by atoms with Crippen LogP contribution in [0.15, 0.2) is 36.5 Å². The molecule has 0 saturated carbocycles. The third-order valence-electron chi connectivity index (χ3n) is 2.71. The summed E-state index contributed by atoms with van der Waals surface area (Å²) in [5.41, 5.74) is 0.421. The maximum atomic E-state index is 10.5. The molecule has 1 aromatic carbocycles. The summed E-state index contributed by atoms with van der Waals surface area (Å²) >= 11 is 0. The lowest BCUT2D eigenvalue weighted by Gasteiger charge is -2.21. The maximum absolute atomic E-state index is 10.5. The number of fused-ring (bicyclic) bond motifs is 1. The van der Waals surface area contributed by atoms with E-state index in [0.717, 1.165) is 17.2 Å². The van der Waals surface area contributed by atoms with Gasteiger partial charge >= 0.3 is 0 Å². The number of hydrogen-bond donors (Lipinski definition) is 1. The quantitative estimate of drug-likeness (QED) is 0.797. The second-order valence-corrected chi connectivity index (χ2v) is 4.06. The molecule has 0 fully saturated rings. The van der Waals surface area contributed by atoms with Gasteiger partial charge in [-0.15, -0.1) is 0 Å². The maximum Gasteiger partial charge on any atom is 0.123 e. The third-order valence-corrected chi connectivity index (χ3v) is 2.71. The summed E-state index contributed by atoms with van der Waals surface area (Å²) in [7, 11) is 0. The predicted molar refractivity (Wildman–Crippen MR) is 62.0 cm³/mol. The summed E-state index contributed by atoms with van der Waals surface area (Å²) in [6.45, 7) is 1.63. The van der Waals surface area contributed by atoms with Crippen molar-refractivity contribution in [2.75, 3.05) is 0 Å². The Morgan fingerprint density at radius 1 is 1.44 bits per heavy atom. The second-order valence-electron chi connectivity index (χ2n) is 4.06. The SMILES string of the molecule is CC(O)(CC=O)c1ccc2cccnc2c1. The minimum atomic E-state index is -1.12. The van der Waals surface area contributed by atoms with E-state index in [1.54, 1.807) is 13.1 Å². The number of aldehydes is 1. The van der Waals surface area contributed by atoms with Crippen molar-refractivity contribution in [3.05, 3.63) is 42.1 Å². The summed E-state index contributed by atoms with van der Waals surface area (Å²) in [5.74, 6) is 0. The van der Waals surface area contributed by atoms with E-state index in [9.17, 15) is 9.90 Å². The van der Waals surface area contributed by atoms with Crippen LogP contribution in [-0.4, -0.2) is 16.4 Å². The third kappa shape index (κ3) is 1.95. The van der Waals surface area contributed by atoms with E-state index in [2.05, 4.69) is 4.98 Å². The molecule has 0 aliphatic rings. The number of aromatic nitrogens is 1. The molecule has 82 valence electrons. The van der Waals surface area contributed by atoms with Crippen LogP contribution in [0.2, 0.25) is 0 Å². The summed E-state index contributed by atoms with van der Waals surface area (Å²) in [5, 5.41) is 11.1. The Kier molecular flexibility index (Phi) is 2.71. The Hall–Kier alpha value is -1.74. The zero-order valence-electron chi connectivity index (χ0n) is 9.05. The number of carbonyl (C=O) groups is 1. The van der Waals surface area contributed by atoms with Crippen LogP contribution < -0.4 is 0 Å². The lowest BCUT2D eigenvalue weighted by atomic mass is 9.92. The van der Waals surface area contributed by atoms with Crippen LogP contribution in [-0.2, 0) is 10.4 Å². The molecule has 1 atom stereocenters. The van der Waals surface area contributed by atoms with Gasteiger partial charge in [0.2, 0.25) is 0 Å². The number of rotatable bonds is 3. The molecule has 0 aliphatic heterocycles. The first-order valence-electron chi connectivity index (χ1n) is 5.15. The predicted octanol–water partition coefficient (Wildman–Crippen LogP) is 2.03. The molecular formula is C13H13NO2. The van der Waals surface area contributed by atoms with Crippen molar-refractivity contribution < 1.29 is 9.90 Å². The largest absolute Gasteiger partial charge is 0.385 e.